The van der Waals surface area contributed by atoms with Gasteiger partial charge >= 0.3 is 5.97 Å². The number of carbonyl (C=O) groups is 2. The largest absolute Gasteiger partial charge is 0.469 e. The first-order chi connectivity index (χ1) is 6.63. The third-order valence-electron chi connectivity index (χ3n) is 2.64. The van der Waals surface area contributed by atoms with Gasteiger partial charge in [0.1, 0.15) is 12.2 Å². The summed E-state index contributed by atoms with van der Waals surface area (Å²) in [5.41, 5.74) is 1.34. The minimum Gasteiger partial charge on any atom is -0.469 e. The molecule has 0 aromatic carbocycles. The number of rotatable bonds is 3. The Hall–Kier alpha value is -1.12. The van der Waals surface area contributed by atoms with Crippen molar-refractivity contribution in [3.63, 3.8) is 0 Å². The molecule has 0 radical (unpaired) electrons. The van der Waals surface area contributed by atoms with E-state index in [0.29, 0.717) is 0 Å². The quantitative estimate of drug-likeness (QED) is 0.393. The molecule has 3 heteroatoms. The minimum atomic E-state index is -0.429. The first-order valence-corrected chi connectivity index (χ1v) is 4.88. The summed E-state index contributed by atoms with van der Waals surface area (Å²) in [6.45, 7) is 2.07. The van der Waals surface area contributed by atoms with E-state index in [2.05, 4.69) is 17.7 Å². The number of carbonyl (C=O) groups excluding carboxylic acids is 2. The second-order valence-electron chi connectivity index (χ2n) is 3.74. The van der Waals surface area contributed by atoms with Crippen LogP contribution in [0.25, 0.3) is 0 Å². The van der Waals surface area contributed by atoms with Gasteiger partial charge in [0.2, 0.25) is 0 Å². The maximum atomic E-state index is 11.5. The lowest BCUT2D eigenvalue weighted by atomic mass is 9.86. The molecule has 0 heterocycles. The normalized spacial score (nSPS) is 21.3. The predicted octanol–water partition coefficient (Wildman–Crippen LogP) is 1.86. The fraction of sp³-hybridized carbons (Fsp3) is 0.636. The average molecular weight is 196 g/mol. The number of Topliss-reactive ketones (excluding diaryl/α,β-unsaturated/α-hetero) is 1. The Morgan fingerprint density at radius 1 is 1.57 bits per heavy atom. The van der Waals surface area contributed by atoms with Gasteiger partial charge < -0.3 is 4.74 Å². The molecule has 0 bridgehead atoms. The Morgan fingerprint density at radius 3 is 2.79 bits per heavy atom. The van der Waals surface area contributed by atoms with Gasteiger partial charge in [0.05, 0.1) is 7.11 Å². The van der Waals surface area contributed by atoms with Gasteiger partial charge in [-0.15, -0.1) is 0 Å². The van der Waals surface area contributed by atoms with Gasteiger partial charge in [-0.05, 0) is 26.2 Å². The molecular formula is C11H16O3. The fourth-order valence-electron chi connectivity index (χ4n) is 1.62. The lowest BCUT2D eigenvalue weighted by molar-refractivity contribution is -0.144. The molecule has 0 aliphatic heterocycles. The number of ketones is 1. The van der Waals surface area contributed by atoms with Gasteiger partial charge in [-0.2, -0.15) is 0 Å². The van der Waals surface area contributed by atoms with Gasteiger partial charge in [0.15, 0.2) is 0 Å². The maximum absolute atomic E-state index is 11.5. The molecule has 3 nitrogen and oxygen atoms in total. The second kappa shape index (κ2) is 4.94. The first-order valence-electron chi connectivity index (χ1n) is 4.88. The van der Waals surface area contributed by atoms with E-state index in [0.717, 1.165) is 19.3 Å². The highest BCUT2D eigenvalue weighted by atomic mass is 16.5. The zero-order chi connectivity index (χ0) is 10.6. The molecule has 78 valence electrons. The van der Waals surface area contributed by atoms with Crippen molar-refractivity contribution in [3.8, 4) is 0 Å². The summed E-state index contributed by atoms with van der Waals surface area (Å²) in [6.07, 6.45) is 4.63. The zero-order valence-electron chi connectivity index (χ0n) is 8.71. The highest BCUT2D eigenvalue weighted by Crippen LogP contribution is 2.24. The van der Waals surface area contributed by atoms with Gasteiger partial charge in [-0.1, -0.05) is 11.6 Å². The Labute approximate surface area is 84.1 Å². The summed E-state index contributed by atoms with van der Waals surface area (Å²) < 4.78 is 4.46. The summed E-state index contributed by atoms with van der Waals surface area (Å²) in [4.78, 5) is 22.4. The summed E-state index contributed by atoms with van der Waals surface area (Å²) in [6, 6.07) is 0. The molecule has 14 heavy (non-hydrogen) atoms. The molecule has 1 aliphatic carbocycles. The zero-order valence-corrected chi connectivity index (χ0v) is 8.71. The highest BCUT2D eigenvalue weighted by molar-refractivity contribution is 5.96. The molecule has 0 aromatic rings. The standard InChI is InChI=1S/C11H16O3/c1-8-3-5-9(6-4-8)10(12)7-11(13)14-2/h3,9H,4-7H2,1-2H3. The van der Waals surface area contributed by atoms with E-state index < -0.39 is 5.97 Å². The second-order valence-corrected chi connectivity index (χ2v) is 3.74. The molecule has 1 unspecified atom stereocenters. The van der Waals surface area contributed by atoms with Crippen LogP contribution in [-0.4, -0.2) is 18.9 Å². The molecule has 1 rings (SSSR count). The van der Waals surface area contributed by atoms with E-state index in [-0.39, 0.29) is 18.1 Å². The molecule has 0 aromatic heterocycles. The molecule has 1 atom stereocenters. The fourth-order valence-corrected chi connectivity index (χ4v) is 1.62. The summed E-state index contributed by atoms with van der Waals surface area (Å²) in [5.74, 6) is -0.389. The van der Waals surface area contributed by atoms with Crippen molar-refractivity contribution < 1.29 is 14.3 Å². The molecule has 0 fully saturated rings. The van der Waals surface area contributed by atoms with E-state index in [9.17, 15) is 9.59 Å². The molecule has 0 spiro atoms. The SMILES string of the molecule is COC(=O)CC(=O)C1CC=C(C)CC1. The summed E-state index contributed by atoms with van der Waals surface area (Å²) >= 11 is 0. The third-order valence-corrected chi connectivity index (χ3v) is 2.64. The van der Waals surface area contributed by atoms with Crippen molar-refractivity contribution in [1.29, 1.82) is 0 Å². The van der Waals surface area contributed by atoms with Crippen LogP contribution in [0.2, 0.25) is 0 Å². The Kier molecular flexibility index (Phi) is 3.86. The van der Waals surface area contributed by atoms with Crippen LogP contribution in [0.4, 0.5) is 0 Å². The van der Waals surface area contributed by atoms with Crippen LogP contribution in [0.3, 0.4) is 0 Å². The smallest absolute Gasteiger partial charge is 0.313 e. The number of methoxy groups -OCH3 is 1. The van der Waals surface area contributed by atoms with Crippen LogP contribution in [-0.2, 0) is 14.3 Å². The highest BCUT2D eigenvalue weighted by Gasteiger charge is 2.22. The van der Waals surface area contributed by atoms with E-state index in [4.69, 9.17) is 0 Å². The number of hydrogen-bond acceptors (Lipinski definition) is 3. The first kappa shape index (κ1) is 11.0. The van der Waals surface area contributed by atoms with E-state index >= 15 is 0 Å². The van der Waals surface area contributed by atoms with Gasteiger partial charge in [0.25, 0.3) is 0 Å². The van der Waals surface area contributed by atoms with Crippen LogP contribution < -0.4 is 0 Å². The average Bonchev–Trinajstić information content (AvgIpc) is 2.18. The third kappa shape index (κ3) is 2.98. The van der Waals surface area contributed by atoms with Crippen molar-refractivity contribution in [3.05, 3.63) is 11.6 Å². The van der Waals surface area contributed by atoms with Crippen LogP contribution in [0, 0.1) is 5.92 Å². The van der Waals surface area contributed by atoms with E-state index in [1.807, 2.05) is 0 Å². The van der Waals surface area contributed by atoms with Crippen molar-refractivity contribution >= 4 is 11.8 Å². The maximum Gasteiger partial charge on any atom is 0.313 e. The van der Waals surface area contributed by atoms with Crippen LogP contribution in [0.1, 0.15) is 32.6 Å². The van der Waals surface area contributed by atoms with Gasteiger partial charge in [-0.25, -0.2) is 0 Å². The predicted molar refractivity (Wildman–Crippen MR) is 52.7 cm³/mol. The van der Waals surface area contributed by atoms with Crippen molar-refractivity contribution in [2.75, 3.05) is 7.11 Å². The Balaban J connectivity index is 2.43. The van der Waals surface area contributed by atoms with Gasteiger partial charge in [0, 0.05) is 5.92 Å². The molecule has 0 saturated heterocycles. The topological polar surface area (TPSA) is 43.4 Å². The minimum absolute atomic E-state index is 0.0144. The van der Waals surface area contributed by atoms with Crippen LogP contribution in [0.15, 0.2) is 11.6 Å². The Bertz CT molecular complexity index is 266. The summed E-state index contributed by atoms with van der Waals surface area (Å²) in [7, 11) is 1.31. The van der Waals surface area contributed by atoms with E-state index in [1.165, 1.54) is 12.7 Å². The molecule has 1 aliphatic rings. The molecule has 0 saturated carbocycles. The van der Waals surface area contributed by atoms with Crippen molar-refractivity contribution in [1.82, 2.24) is 0 Å². The monoisotopic (exact) mass is 196 g/mol. The van der Waals surface area contributed by atoms with Crippen molar-refractivity contribution in [2.45, 2.75) is 32.6 Å². The number of esters is 1. The Morgan fingerprint density at radius 2 is 2.29 bits per heavy atom. The molecule has 0 N–H and O–H groups in total. The molecule has 0 amide bonds. The number of hydrogen-bond donors (Lipinski definition) is 0. The number of allylic oxidation sites excluding steroid dienone is 2. The molecular weight excluding hydrogens is 180 g/mol. The van der Waals surface area contributed by atoms with Crippen LogP contribution >= 0.6 is 0 Å². The lowest BCUT2D eigenvalue weighted by Gasteiger charge is -2.18. The summed E-state index contributed by atoms with van der Waals surface area (Å²) in [5, 5.41) is 0. The lowest BCUT2D eigenvalue weighted by Crippen LogP contribution is -2.20. The number of ether oxygens (including phenoxy) is 1. The van der Waals surface area contributed by atoms with Gasteiger partial charge in [-0.3, -0.25) is 9.59 Å². The van der Waals surface area contributed by atoms with Crippen molar-refractivity contribution in [2.24, 2.45) is 5.92 Å². The van der Waals surface area contributed by atoms with E-state index in [1.54, 1.807) is 0 Å². The van der Waals surface area contributed by atoms with Crippen LogP contribution in [0.5, 0.6) is 0 Å².